The second-order valence-corrected chi connectivity index (χ2v) is 4.81. The Kier molecular flexibility index (Phi) is 5.20. The number of hydrogen-bond acceptors (Lipinski definition) is 4. The monoisotopic (exact) mass is 225 g/mol. The highest BCUT2D eigenvalue weighted by Gasteiger charge is 2.26. The van der Waals surface area contributed by atoms with E-state index in [2.05, 4.69) is 23.3 Å². The van der Waals surface area contributed by atoms with E-state index < -0.39 is 5.54 Å². The van der Waals surface area contributed by atoms with Gasteiger partial charge in [-0.1, -0.05) is 6.92 Å². The zero-order chi connectivity index (χ0) is 12.0. The number of nitrogens with zero attached hydrogens (tertiary/aromatic N) is 2. The Hall–Kier alpha value is -0.630. The fourth-order valence-electron chi connectivity index (χ4n) is 2.26. The van der Waals surface area contributed by atoms with Crippen molar-refractivity contribution in [3.8, 4) is 6.07 Å². The van der Waals surface area contributed by atoms with Crippen molar-refractivity contribution in [2.45, 2.75) is 38.3 Å². The maximum atomic E-state index is 9.16. The predicted molar refractivity (Wildman–Crippen MR) is 64.2 cm³/mol. The summed E-state index contributed by atoms with van der Waals surface area (Å²) in [5, 5.41) is 12.4. The molecule has 0 radical (unpaired) electrons. The third-order valence-corrected chi connectivity index (χ3v) is 2.94. The molecule has 0 bridgehead atoms. The first-order chi connectivity index (χ1) is 7.59. The minimum absolute atomic E-state index is 0.356. The van der Waals surface area contributed by atoms with Crippen LogP contribution >= 0.6 is 0 Å². The van der Waals surface area contributed by atoms with Crippen LogP contribution in [0, 0.1) is 11.3 Å². The molecule has 0 spiro atoms. The van der Waals surface area contributed by atoms with Crippen LogP contribution in [0.15, 0.2) is 0 Å². The first-order valence-corrected chi connectivity index (χ1v) is 6.06. The molecule has 0 amide bonds. The Morgan fingerprint density at radius 1 is 1.62 bits per heavy atom. The van der Waals surface area contributed by atoms with E-state index in [1.807, 2.05) is 13.8 Å². The normalized spacial score (nSPS) is 24.3. The number of hydrogen-bond donors (Lipinski definition) is 1. The van der Waals surface area contributed by atoms with Crippen LogP contribution in [0.3, 0.4) is 0 Å². The van der Waals surface area contributed by atoms with Gasteiger partial charge in [0, 0.05) is 19.7 Å². The van der Waals surface area contributed by atoms with Crippen LogP contribution in [0.25, 0.3) is 0 Å². The molecule has 4 heteroatoms. The van der Waals surface area contributed by atoms with E-state index in [4.69, 9.17) is 10.00 Å². The number of ether oxygens (including phenoxy) is 1. The minimum atomic E-state index is -0.456. The van der Waals surface area contributed by atoms with Crippen molar-refractivity contribution in [3.63, 3.8) is 0 Å². The standard InChI is InChI=1S/C12H23N3O/c1-4-14-12(2,9-13)10-15(3)8-11-6-5-7-16-11/h11,14H,4-8,10H2,1-3H3. The predicted octanol–water partition coefficient (Wildman–Crippen LogP) is 0.989. The molecule has 1 rings (SSSR count). The van der Waals surface area contributed by atoms with Crippen molar-refractivity contribution in [1.82, 2.24) is 10.2 Å². The molecule has 4 nitrogen and oxygen atoms in total. The van der Waals surface area contributed by atoms with Crippen molar-refractivity contribution in [2.24, 2.45) is 0 Å². The molecule has 0 aromatic carbocycles. The van der Waals surface area contributed by atoms with Gasteiger partial charge in [-0.25, -0.2) is 0 Å². The molecule has 0 aromatic heterocycles. The summed E-state index contributed by atoms with van der Waals surface area (Å²) in [4.78, 5) is 2.18. The second-order valence-electron chi connectivity index (χ2n) is 4.81. The Bertz CT molecular complexity index is 245. The lowest BCUT2D eigenvalue weighted by atomic mass is 10.0. The van der Waals surface area contributed by atoms with Crippen LogP contribution in [0.2, 0.25) is 0 Å². The number of rotatable bonds is 6. The van der Waals surface area contributed by atoms with Gasteiger partial charge in [0.2, 0.25) is 0 Å². The van der Waals surface area contributed by atoms with E-state index in [0.29, 0.717) is 6.10 Å². The van der Waals surface area contributed by atoms with Crippen LogP contribution in [-0.2, 0) is 4.74 Å². The molecule has 1 heterocycles. The first kappa shape index (κ1) is 13.4. The van der Waals surface area contributed by atoms with Crippen LogP contribution in [0.5, 0.6) is 0 Å². The molecule has 1 aliphatic heterocycles. The Morgan fingerprint density at radius 3 is 2.88 bits per heavy atom. The number of nitrogens with one attached hydrogen (secondary N) is 1. The number of likely N-dealkylation sites (N-methyl/N-ethyl adjacent to an activating group) is 2. The Balaban J connectivity index is 2.36. The van der Waals surface area contributed by atoms with Crippen molar-refractivity contribution >= 4 is 0 Å². The van der Waals surface area contributed by atoms with Gasteiger partial charge in [-0.15, -0.1) is 0 Å². The van der Waals surface area contributed by atoms with Gasteiger partial charge in [-0.05, 0) is 33.4 Å². The molecular weight excluding hydrogens is 202 g/mol. The van der Waals surface area contributed by atoms with Gasteiger partial charge in [-0.3, -0.25) is 5.32 Å². The van der Waals surface area contributed by atoms with E-state index in [0.717, 1.165) is 32.7 Å². The summed E-state index contributed by atoms with van der Waals surface area (Å²) in [6.07, 6.45) is 2.67. The van der Waals surface area contributed by atoms with E-state index in [9.17, 15) is 0 Å². The van der Waals surface area contributed by atoms with Gasteiger partial charge in [-0.2, -0.15) is 5.26 Å². The third kappa shape index (κ3) is 4.09. The zero-order valence-corrected chi connectivity index (χ0v) is 10.6. The molecule has 1 saturated heterocycles. The maximum absolute atomic E-state index is 9.16. The first-order valence-electron chi connectivity index (χ1n) is 6.06. The second kappa shape index (κ2) is 6.19. The Labute approximate surface area is 98.6 Å². The third-order valence-electron chi connectivity index (χ3n) is 2.94. The van der Waals surface area contributed by atoms with E-state index in [1.54, 1.807) is 0 Å². The molecule has 1 fully saturated rings. The molecule has 2 atom stereocenters. The summed E-state index contributed by atoms with van der Waals surface area (Å²) in [5.41, 5.74) is -0.456. The van der Waals surface area contributed by atoms with E-state index >= 15 is 0 Å². The largest absolute Gasteiger partial charge is 0.377 e. The fourth-order valence-corrected chi connectivity index (χ4v) is 2.26. The van der Waals surface area contributed by atoms with Gasteiger partial charge in [0.05, 0.1) is 12.2 Å². The van der Waals surface area contributed by atoms with Crippen molar-refractivity contribution in [3.05, 3.63) is 0 Å². The highest BCUT2D eigenvalue weighted by Crippen LogP contribution is 2.14. The van der Waals surface area contributed by atoms with Crippen LogP contribution < -0.4 is 5.32 Å². The summed E-state index contributed by atoms with van der Waals surface area (Å²) >= 11 is 0. The molecule has 92 valence electrons. The summed E-state index contributed by atoms with van der Waals surface area (Å²) in [7, 11) is 2.05. The average Bonchev–Trinajstić information content (AvgIpc) is 2.70. The smallest absolute Gasteiger partial charge is 0.116 e. The van der Waals surface area contributed by atoms with Crippen LogP contribution in [-0.4, -0.2) is 49.8 Å². The maximum Gasteiger partial charge on any atom is 0.116 e. The highest BCUT2D eigenvalue weighted by molar-refractivity contribution is 5.05. The molecule has 16 heavy (non-hydrogen) atoms. The molecule has 1 N–H and O–H groups in total. The van der Waals surface area contributed by atoms with Gasteiger partial charge >= 0.3 is 0 Å². The molecule has 2 unspecified atom stereocenters. The zero-order valence-electron chi connectivity index (χ0n) is 10.6. The van der Waals surface area contributed by atoms with Crippen molar-refractivity contribution < 1.29 is 4.74 Å². The summed E-state index contributed by atoms with van der Waals surface area (Å²) < 4.78 is 5.59. The lowest BCUT2D eigenvalue weighted by molar-refractivity contribution is 0.0762. The van der Waals surface area contributed by atoms with Gasteiger partial charge in [0.15, 0.2) is 0 Å². The van der Waals surface area contributed by atoms with E-state index in [1.165, 1.54) is 6.42 Å². The lowest BCUT2D eigenvalue weighted by Gasteiger charge is -2.29. The lowest BCUT2D eigenvalue weighted by Crippen LogP contribution is -2.50. The SMILES string of the molecule is CCNC(C)(C#N)CN(C)CC1CCCO1. The average molecular weight is 225 g/mol. The van der Waals surface area contributed by atoms with Crippen molar-refractivity contribution in [1.29, 1.82) is 5.26 Å². The topological polar surface area (TPSA) is 48.3 Å². The molecular formula is C12H23N3O. The molecule has 0 aliphatic carbocycles. The van der Waals surface area contributed by atoms with Crippen LogP contribution in [0.1, 0.15) is 26.7 Å². The highest BCUT2D eigenvalue weighted by atomic mass is 16.5. The Morgan fingerprint density at radius 2 is 2.38 bits per heavy atom. The minimum Gasteiger partial charge on any atom is -0.377 e. The van der Waals surface area contributed by atoms with Gasteiger partial charge < -0.3 is 9.64 Å². The van der Waals surface area contributed by atoms with E-state index in [-0.39, 0.29) is 0 Å². The summed E-state index contributed by atoms with van der Waals surface area (Å²) in [5.74, 6) is 0. The molecule has 0 aromatic rings. The fraction of sp³-hybridized carbons (Fsp3) is 0.917. The quantitative estimate of drug-likeness (QED) is 0.732. The molecule has 0 saturated carbocycles. The summed E-state index contributed by atoms with van der Waals surface area (Å²) in [6.45, 7) is 7.33. The molecule has 1 aliphatic rings. The van der Waals surface area contributed by atoms with Crippen molar-refractivity contribution in [2.75, 3.05) is 33.3 Å². The summed E-state index contributed by atoms with van der Waals surface area (Å²) in [6, 6.07) is 2.34. The van der Waals surface area contributed by atoms with Gasteiger partial charge in [0.1, 0.15) is 5.54 Å². The number of nitriles is 1. The van der Waals surface area contributed by atoms with Gasteiger partial charge in [0.25, 0.3) is 0 Å². The van der Waals surface area contributed by atoms with Crippen LogP contribution in [0.4, 0.5) is 0 Å².